The number of carbonyl (C=O) groups is 1. The molecular formula is C11H13N3O4. The number of hydrogen-bond donors (Lipinski definition) is 1. The van der Waals surface area contributed by atoms with Crippen LogP contribution in [0.4, 0.5) is 5.69 Å². The second-order valence-electron chi connectivity index (χ2n) is 3.29. The summed E-state index contributed by atoms with van der Waals surface area (Å²) < 4.78 is 4.40. The Kier molecular flexibility index (Phi) is 4.79. The number of nitrogens with one attached hydrogen (secondary N) is 1. The molecule has 0 aliphatic rings. The monoisotopic (exact) mass is 251 g/mol. The number of rotatable bonds is 2. The molecule has 1 N–H and O–H groups in total. The van der Waals surface area contributed by atoms with Gasteiger partial charge in [-0.25, -0.2) is 4.98 Å². The van der Waals surface area contributed by atoms with E-state index in [0.717, 1.165) is 5.52 Å². The number of carbonyl (C=O) groups excluding carboxylic acids is 1. The fourth-order valence-corrected chi connectivity index (χ4v) is 1.24. The maximum absolute atomic E-state index is 10.3. The van der Waals surface area contributed by atoms with E-state index in [4.69, 9.17) is 0 Å². The minimum absolute atomic E-state index is 0.0757. The van der Waals surface area contributed by atoms with Gasteiger partial charge in [-0.1, -0.05) is 0 Å². The van der Waals surface area contributed by atoms with Crippen LogP contribution < -0.4 is 0 Å². The van der Waals surface area contributed by atoms with E-state index in [-0.39, 0.29) is 11.7 Å². The first kappa shape index (κ1) is 13.6. The van der Waals surface area contributed by atoms with Gasteiger partial charge in [0, 0.05) is 19.1 Å². The minimum Gasteiger partial charge on any atom is -0.466 e. The highest BCUT2D eigenvalue weighted by atomic mass is 16.6. The molecule has 0 atom stereocenters. The number of nitro benzene ring substituents is 1. The van der Waals surface area contributed by atoms with Gasteiger partial charge in [-0.3, -0.25) is 14.9 Å². The smallest absolute Gasteiger partial charge is 0.302 e. The molecule has 0 aliphatic heterocycles. The number of nitrogens with zero attached hydrogens (tertiary/aromatic N) is 2. The number of esters is 1. The van der Waals surface area contributed by atoms with Crippen LogP contribution in [0.5, 0.6) is 0 Å². The van der Waals surface area contributed by atoms with Gasteiger partial charge in [0.25, 0.3) is 5.69 Å². The summed E-state index contributed by atoms with van der Waals surface area (Å²) >= 11 is 0. The van der Waals surface area contributed by atoms with Crippen LogP contribution >= 0.6 is 0 Å². The molecular weight excluding hydrogens is 238 g/mol. The second-order valence-corrected chi connectivity index (χ2v) is 3.29. The van der Waals surface area contributed by atoms with Crippen molar-refractivity contribution in [2.24, 2.45) is 0 Å². The maximum atomic E-state index is 10.3. The van der Waals surface area contributed by atoms with Crippen molar-refractivity contribution in [3.63, 3.8) is 0 Å². The molecule has 0 aliphatic carbocycles. The van der Waals surface area contributed by atoms with Crippen LogP contribution in [-0.2, 0) is 9.53 Å². The molecule has 96 valence electrons. The Bertz CT molecular complexity index is 550. The van der Waals surface area contributed by atoms with Crippen LogP contribution in [0.15, 0.2) is 24.5 Å². The summed E-state index contributed by atoms with van der Waals surface area (Å²) in [4.78, 5) is 26.5. The molecule has 2 rings (SSSR count). The molecule has 2 aromatic rings. The van der Waals surface area contributed by atoms with Crippen LogP contribution in [-0.4, -0.2) is 27.5 Å². The van der Waals surface area contributed by atoms with Crippen LogP contribution in [0.1, 0.15) is 13.8 Å². The molecule has 0 radical (unpaired) electrons. The predicted octanol–water partition coefficient (Wildman–Crippen LogP) is 2.04. The van der Waals surface area contributed by atoms with E-state index in [0.29, 0.717) is 12.1 Å². The summed E-state index contributed by atoms with van der Waals surface area (Å²) in [6.07, 6.45) is 1.51. The maximum Gasteiger partial charge on any atom is 0.302 e. The first-order valence-corrected chi connectivity index (χ1v) is 5.25. The van der Waals surface area contributed by atoms with Crippen LogP contribution in [0.25, 0.3) is 11.0 Å². The quantitative estimate of drug-likeness (QED) is 0.500. The molecule has 0 bridgehead atoms. The average molecular weight is 251 g/mol. The van der Waals surface area contributed by atoms with Gasteiger partial charge in [-0.05, 0) is 13.0 Å². The van der Waals surface area contributed by atoms with Gasteiger partial charge in [-0.15, -0.1) is 0 Å². The van der Waals surface area contributed by atoms with Crippen molar-refractivity contribution in [2.45, 2.75) is 13.8 Å². The first-order valence-electron chi connectivity index (χ1n) is 5.25. The van der Waals surface area contributed by atoms with E-state index in [1.165, 1.54) is 25.4 Å². The lowest BCUT2D eigenvalue weighted by atomic mass is 10.3. The van der Waals surface area contributed by atoms with Gasteiger partial charge in [-0.2, -0.15) is 0 Å². The number of nitro groups is 1. The lowest BCUT2D eigenvalue weighted by Gasteiger charge is -1.89. The Labute approximate surface area is 103 Å². The highest BCUT2D eigenvalue weighted by Gasteiger charge is 2.05. The normalized spacial score (nSPS) is 9.44. The summed E-state index contributed by atoms with van der Waals surface area (Å²) in [5, 5.41) is 10.3. The predicted molar refractivity (Wildman–Crippen MR) is 65.1 cm³/mol. The standard InChI is InChI=1S/C7H5N3O2.C4H8O2/c11-10(12)5-1-2-6-7(3-5)9-4-8-6;1-3-6-4(2)5/h1-4H,(H,8,9);3H2,1-2H3. The number of ether oxygens (including phenoxy) is 1. The van der Waals surface area contributed by atoms with Crippen molar-refractivity contribution in [1.82, 2.24) is 9.97 Å². The third-order valence-corrected chi connectivity index (χ3v) is 1.96. The lowest BCUT2D eigenvalue weighted by molar-refractivity contribution is -0.384. The SMILES string of the molecule is CCOC(C)=O.O=[N+]([O-])c1ccc2nc[nH]c2c1. The second kappa shape index (κ2) is 6.33. The summed E-state index contributed by atoms with van der Waals surface area (Å²) in [6.45, 7) is 3.65. The van der Waals surface area contributed by atoms with Crippen molar-refractivity contribution in [3.8, 4) is 0 Å². The molecule has 7 nitrogen and oxygen atoms in total. The highest BCUT2D eigenvalue weighted by Crippen LogP contribution is 2.16. The lowest BCUT2D eigenvalue weighted by Crippen LogP contribution is -1.95. The van der Waals surface area contributed by atoms with E-state index in [1.54, 1.807) is 13.0 Å². The zero-order chi connectivity index (χ0) is 13.5. The number of H-pyrrole nitrogens is 1. The first-order chi connectivity index (χ1) is 8.54. The number of non-ortho nitro benzene ring substituents is 1. The van der Waals surface area contributed by atoms with Crippen LogP contribution in [0.2, 0.25) is 0 Å². The Balaban J connectivity index is 0.000000232. The van der Waals surface area contributed by atoms with E-state index in [9.17, 15) is 14.9 Å². The van der Waals surface area contributed by atoms with Crippen molar-refractivity contribution >= 4 is 22.7 Å². The van der Waals surface area contributed by atoms with E-state index >= 15 is 0 Å². The third-order valence-electron chi connectivity index (χ3n) is 1.96. The summed E-state index contributed by atoms with van der Waals surface area (Å²) in [5.41, 5.74) is 1.50. The molecule has 7 heteroatoms. The number of fused-ring (bicyclic) bond motifs is 1. The highest BCUT2D eigenvalue weighted by molar-refractivity contribution is 5.76. The van der Waals surface area contributed by atoms with Crippen LogP contribution in [0.3, 0.4) is 0 Å². The topological polar surface area (TPSA) is 98.1 Å². The number of aromatic amines is 1. The Morgan fingerprint density at radius 3 is 2.78 bits per heavy atom. The Morgan fingerprint density at radius 2 is 2.28 bits per heavy atom. The van der Waals surface area contributed by atoms with Gasteiger partial charge in [0.15, 0.2) is 0 Å². The van der Waals surface area contributed by atoms with Crippen molar-refractivity contribution in [1.29, 1.82) is 0 Å². The zero-order valence-corrected chi connectivity index (χ0v) is 10.0. The van der Waals surface area contributed by atoms with E-state index < -0.39 is 4.92 Å². The van der Waals surface area contributed by atoms with Crippen molar-refractivity contribution < 1.29 is 14.5 Å². The van der Waals surface area contributed by atoms with E-state index in [1.807, 2.05) is 0 Å². The Morgan fingerprint density at radius 1 is 1.56 bits per heavy atom. The van der Waals surface area contributed by atoms with E-state index in [2.05, 4.69) is 14.7 Å². The minimum atomic E-state index is -0.430. The van der Waals surface area contributed by atoms with Gasteiger partial charge in [0.2, 0.25) is 0 Å². The molecule has 18 heavy (non-hydrogen) atoms. The average Bonchev–Trinajstić information content (AvgIpc) is 2.76. The number of hydrogen-bond acceptors (Lipinski definition) is 5. The summed E-state index contributed by atoms with van der Waals surface area (Å²) in [6, 6.07) is 4.51. The number of benzene rings is 1. The van der Waals surface area contributed by atoms with Crippen molar-refractivity contribution in [2.75, 3.05) is 6.61 Å². The molecule has 0 unspecified atom stereocenters. The summed E-state index contributed by atoms with van der Waals surface area (Å²) in [7, 11) is 0. The largest absolute Gasteiger partial charge is 0.466 e. The number of aromatic nitrogens is 2. The Hall–Kier alpha value is -2.44. The van der Waals surface area contributed by atoms with Gasteiger partial charge < -0.3 is 9.72 Å². The fourth-order valence-electron chi connectivity index (χ4n) is 1.24. The molecule has 1 heterocycles. The summed E-state index contributed by atoms with van der Waals surface area (Å²) in [5.74, 6) is -0.211. The number of imidazole rings is 1. The fraction of sp³-hybridized carbons (Fsp3) is 0.273. The van der Waals surface area contributed by atoms with Gasteiger partial charge in [0.05, 0.1) is 28.9 Å². The molecule has 0 amide bonds. The van der Waals surface area contributed by atoms with Crippen molar-refractivity contribution in [3.05, 3.63) is 34.6 Å². The zero-order valence-electron chi connectivity index (χ0n) is 10.0. The molecule has 0 spiro atoms. The third kappa shape index (κ3) is 3.85. The molecule has 0 saturated heterocycles. The molecule has 1 aromatic carbocycles. The van der Waals surface area contributed by atoms with Gasteiger partial charge in [0.1, 0.15) is 0 Å². The van der Waals surface area contributed by atoms with Crippen LogP contribution in [0, 0.1) is 10.1 Å². The molecule has 0 saturated carbocycles. The van der Waals surface area contributed by atoms with Gasteiger partial charge >= 0.3 is 5.97 Å². The molecule has 0 fully saturated rings. The molecule has 1 aromatic heterocycles.